The average molecular weight is 950 g/mol. The maximum absolute atomic E-state index is 14.6. The number of thiazole rings is 1. The van der Waals surface area contributed by atoms with E-state index in [0.29, 0.717) is 81.1 Å². The monoisotopic (exact) mass is 948 g/mol. The van der Waals surface area contributed by atoms with Crippen molar-refractivity contribution in [1.29, 1.82) is 0 Å². The van der Waals surface area contributed by atoms with E-state index in [1.807, 2.05) is 23.6 Å². The number of hydrogen-bond donors (Lipinski definition) is 5. The summed E-state index contributed by atoms with van der Waals surface area (Å²) in [6, 6.07) is 14.2. The number of nitrogens with zero attached hydrogens (tertiary/aromatic N) is 3. The number of hydrogen-bond acceptors (Lipinski definition) is 15. The molecular formula is C46H54ClFN8O9S. The van der Waals surface area contributed by atoms with Gasteiger partial charge in [-0.05, 0) is 80.1 Å². The Morgan fingerprint density at radius 3 is 2.58 bits per heavy atom. The first-order valence-corrected chi connectivity index (χ1v) is 23.3. The smallest absolute Gasteiger partial charge is 0.255 e. The van der Waals surface area contributed by atoms with E-state index >= 15 is 0 Å². The molecule has 1 aliphatic carbocycles. The molecule has 0 bridgehead atoms. The Hall–Kier alpha value is -5.41. The second kappa shape index (κ2) is 23.4. The predicted octanol–water partition coefficient (Wildman–Crippen LogP) is 4.95. The molecule has 2 aromatic heterocycles. The van der Waals surface area contributed by atoms with Crippen LogP contribution in [0.1, 0.15) is 66.6 Å². The molecule has 4 heterocycles. The minimum absolute atomic E-state index is 0.00271. The third-order valence-corrected chi connectivity index (χ3v) is 12.7. The van der Waals surface area contributed by atoms with Gasteiger partial charge in [-0.25, -0.2) is 14.4 Å². The molecule has 0 spiro atoms. The molecule has 2 aromatic carbocycles. The first-order valence-electron chi connectivity index (χ1n) is 22.0. The summed E-state index contributed by atoms with van der Waals surface area (Å²) in [4.78, 5) is 73.9. The van der Waals surface area contributed by atoms with Crippen molar-refractivity contribution in [2.24, 2.45) is 11.1 Å². The Morgan fingerprint density at radius 2 is 1.79 bits per heavy atom. The molecule has 2 fully saturated rings. The summed E-state index contributed by atoms with van der Waals surface area (Å²) < 4.78 is 37.6. The lowest BCUT2D eigenvalue weighted by Gasteiger charge is -2.39. The molecule has 3 aliphatic rings. The summed E-state index contributed by atoms with van der Waals surface area (Å²) in [5, 5.41) is 14.2. The molecule has 6 N–H and O–H groups in total. The number of benzene rings is 2. The summed E-state index contributed by atoms with van der Waals surface area (Å²) in [7, 11) is 0. The van der Waals surface area contributed by atoms with Crippen LogP contribution in [0.5, 0.6) is 5.75 Å². The van der Waals surface area contributed by atoms with Gasteiger partial charge in [0.15, 0.2) is 22.5 Å². The number of nitrogens with two attached hydrogens (primary N) is 1. The minimum atomic E-state index is -0.712. The summed E-state index contributed by atoms with van der Waals surface area (Å²) in [5.74, 6) is -1.17. The van der Waals surface area contributed by atoms with Gasteiger partial charge in [0.1, 0.15) is 11.9 Å². The largest absolute Gasteiger partial charge is 0.487 e. The van der Waals surface area contributed by atoms with Gasteiger partial charge in [-0.3, -0.25) is 29.3 Å². The number of halogens is 2. The van der Waals surface area contributed by atoms with Gasteiger partial charge in [-0.15, -0.1) is 11.3 Å². The number of piperidine rings is 1. The van der Waals surface area contributed by atoms with Gasteiger partial charge >= 0.3 is 0 Å². The molecule has 352 valence electrons. The fourth-order valence-electron chi connectivity index (χ4n) is 8.27. The van der Waals surface area contributed by atoms with Crippen molar-refractivity contribution < 1.29 is 47.3 Å². The van der Waals surface area contributed by atoms with E-state index in [0.717, 1.165) is 10.8 Å². The van der Waals surface area contributed by atoms with Crippen molar-refractivity contribution in [3.8, 4) is 5.75 Å². The van der Waals surface area contributed by atoms with Crippen molar-refractivity contribution >= 4 is 69.0 Å². The number of fused-ring (bicyclic) bond motifs is 1. The molecule has 1 saturated carbocycles. The van der Waals surface area contributed by atoms with Crippen LogP contribution in [0.25, 0.3) is 0 Å². The second-order valence-corrected chi connectivity index (χ2v) is 17.8. The van der Waals surface area contributed by atoms with Crippen molar-refractivity contribution in [1.82, 2.24) is 25.5 Å². The van der Waals surface area contributed by atoms with E-state index in [4.69, 9.17) is 41.3 Å². The number of imide groups is 1. The van der Waals surface area contributed by atoms with Crippen LogP contribution in [-0.2, 0) is 46.4 Å². The van der Waals surface area contributed by atoms with Gasteiger partial charge in [0.05, 0.1) is 69.8 Å². The third kappa shape index (κ3) is 13.1. The van der Waals surface area contributed by atoms with Gasteiger partial charge in [0.2, 0.25) is 17.7 Å². The number of carbonyl (C=O) groups excluding carboxylic acids is 5. The fraction of sp³-hybridized carbons (Fsp3) is 0.457. The topological polar surface area (TPSA) is 225 Å². The Bertz CT molecular complexity index is 2330. The van der Waals surface area contributed by atoms with Crippen molar-refractivity contribution in [3.63, 3.8) is 0 Å². The lowest BCUT2D eigenvalue weighted by Crippen LogP contribution is -2.52. The van der Waals surface area contributed by atoms with Crippen LogP contribution in [0, 0.1) is 11.2 Å². The molecule has 17 nitrogen and oxygen atoms in total. The quantitative estimate of drug-likeness (QED) is 0.0463. The molecule has 20 heteroatoms. The molecule has 66 heavy (non-hydrogen) atoms. The van der Waals surface area contributed by atoms with Gasteiger partial charge in [0, 0.05) is 59.9 Å². The number of amides is 4. The van der Waals surface area contributed by atoms with Crippen molar-refractivity contribution in [2.45, 2.75) is 76.1 Å². The number of rotatable bonds is 24. The number of nitrogens with one attached hydrogen (secondary N) is 4. The zero-order chi connectivity index (χ0) is 46.5. The van der Waals surface area contributed by atoms with Crippen LogP contribution in [0.2, 0.25) is 5.02 Å². The highest BCUT2D eigenvalue weighted by atomic mass is 35.5. The van der Waals surface area contributed by atoms with E-state index in [9.17, 15) is 28.4 Å². The Balaban J connectivity index is 0.761. The second-order valence-electron chi connectivity index (χ2n) is 16.5. The Labute approximate surface area is 390 Å². The lowest BCUT2D eigenvalue weighted by atomic mass is 9.67. The highest BCUT2D eigenvalue weighted by Gasteiger charge is 2.43. The Kier molecular flexibility index (Phi) is 17.2. The van der Waals surface area contributed by atoms with Crippen LogP contribution >= 0.6 is 22.9 Å². The standard InChI is InChI=1S/C46H54ClFN8O9S/c47-35-4-2-5-37(42(35)48)65-33-11-14-46(15-12-33,24-32-3-1-6-39(52-32)54-45-51-17-22-66-45)38(57)25-50-16-19-62-20-21-64-28-30(49)27-63-18-13-41(59)53-31-7-8-34-29(23-31)26-56(44(34)61)36-9-10-40(58)55-43(36)60/h1-8,17,22-23,30,33,36,50H,9-16,18-21,24-28,49H2,(H,53,59)(H,51,52,54)(H,55,58,60)/t30?,33-,36?,46-. The zero-order valence-electron chi connectivity index (χ0n) is 36.4. The molecule has 1 saturated heterocycles. The average Bonchev–Trinajstić information content (AvgIpc) is 3.93. The van der Waals surface area contributed by atoms with E-state index in [1.165, 1.54) is 22.3 Å². The van der Waals surface area contributed by atoms with E-state index in [-0.39, 0.29) is 92.6 Å². The number of Topliss-reactive ketones (excluding diaryl/α,β-unsaturated/α-hetero) is 1. The van der Waals surface area contributed by atoms with Crippen LogP contribution in [-0.4, -0.2) is 115 Å². The summed E-state index contributed by atoms with van der Waals surface area (Å²) in [5.41, 5.74) is 7.88. The molecule has 4 aromatic rings. The first-order chi connectivity index (χ1) is 32.0. The fourth-order valence-corrected chi connectivity index (χ4v) is 8.97. The van der Waals surface area contributed by atoms with E-state index in [1.54, 1.807) is 36.5 Å². The summed E-state index contributed by atoms with van der Waals surface area (Å²) in [6.07, 6.45) is 4.62. The number of ether oxygens (including phenoxy) is 4. The minimum Gasteiger partial charge on any atom is -0.487 e. The van der Waals surface area contributed by atoms with Crippen LogP contribution in [0.15, 0.2) is 66.2 Å². The Morgan fingerprint density at radius 1 is 1.00 bits per heavy atom. The van der Waals surface area contributed by atoms with E-state index < -0.39 is 29.2 Å². The van der Waals surface area contributed by atoms with Crippen LogP contribution < -0.4 is 31.7 Å². The number of pyridine rings is 1. The van der Waals surface area contributed by atoms with Crippen LogP contribution in [0.3, 0.4) is 0 Å². The maximum atomic E-state index is 14.6. The highest BCUT2D eigenvalue weighted by Crippen LogP contribution is 2.42. The summed E-state index contributed by atoms with van der Waals surface area (Å²) in [6.45, 7) is 2.35. The van der Waals surface area contributed by atoms with E-state index in [2.05, 4.69) is 26.3 Å². The molecule has 2 atom stereocenters. The highest BCUT2D eigenvalue weighted by molar-refractivity contribution is 7.13. The number of aromatic nitrogens is 2. The van der Waals surface area contributed by atoms with Gasteiger partial charge < -0.3 is 45.5 Å². The normalized spacial score (nSPS) is 19.9. The molecule has 0 radical (unpaired) electrons. The summed E-state index contributed by atoms with van der Waals surface area (Å²) >= 11 is 7.45. The zero-order valence-corrected chi connectivity index (χ0v) is 37.9. The molecule has 4 amide bonds. The van der Waals surface area contributed by atoms with Crippen LogP contribution in [0.4, 0.5) is 21.0 Å². The van der Waals surface area contributed by atoms with Gasteiger partial charge in [-0.2, -0.15) is 0 Å². The molecular weight excluding hydrogens is 895 g/mol. The predicted molar refractivity (Wildman–Crippen MR) is 244 cm³/mol. The molecule has 2 aliphatic heterocycles. The SMILES string of the molecule is NC(COCCOCCNCC(=O)[C@]1(Cc2cccc(Nc3nccs3)n2)CC[C@@H](Oc2cccc(Cl)c2F)CC1)COCCC(=O)Nc1ccc2c(c1)CN(C1CCC(=O)NC1=O)C2=O. The van der Waals surface area contributed by atoms with Gasteiger partial charge in [-0.1, -0.05) is 23.7 Å². The van der Waals surface area contributed by atoms with Gasteiger partial charge in [0.25, 0.3) is 5.91 Å². The first kappa shape index (κ1) is 48.5. The molecule has 2 unspecified atom stereocenters. The number of ketones is 1. The third-order valence-electron chi connectivity index (χ3n) is 11.7. The maximum Gasteiger partial charge on any atom is 0.255 e. The molecule has 7 rings (SSSR count). The lowest BCUT2D eigenvalue weighted by molar-refractivity contribution is -0.137. The van der Waals surface area contributed by atoms with Crippen molar-refractivity contribution in [2.75, 3.05) is 63.4 Å². The van der Waals surface area contributed by atoms with Crippen molar-refractivity contribution in [3.05, 3.63) is 93.8 Å². The number of carbonyl (C=O) groups is 5. The number of anilines is 3.